The summed E-state index contributed by atoms with van der Waals surface area (Å²) >= 11 is 0. The molecule has 0 fully saturated rings. The highest BCUT2D eigenvalue weighted by atomic mass is 16.4. The van der Waals surface area contributed by atoms with Gasteiger partial charge < -0.3 is 5.32 Å². The van der Waals surface area contributed by atoms with Crippen LogP contribution in [0.4, 0.5) is 0 Å². The normalized spacial score (nSPS) is 15.3. The van der Waals surface area contributed by atoms with E-state index in [1.54, 1.807) is 0 Å². The first kappa shape index (κ1) is 21.1. The van der Waals surface area contributed by atoms with Crippen LogP contribution in [0, 0.1) is 0 Å². The quantitative estimate of drug-likeness (QED) is 0.209. The SMILES string of the molecule is C=C1C=C(NC(=O)CCCc2ccc3ccc4cccc5ccc2c3c45)C=CC1=[O+]C(C)C. The Kier molecular flexibility index (Phi) is 5.55. The lowest BCUT2D eigenvalue weighted by Gasteiger charge is -2.14. The topological polar surface area (TPSA) is 40.4 Å². The van der Waals surface area contributed by atoms with Gasteiger partial charge in [0, 0.05) is 32.0 Å². The number of rotatable bonds is 6. The average Bonchev–Trinajstić information content (AvgIpc) is 2.80. The van der Waals surface area contributed by atoms with Crippen molar-refractivity contribution >= 4 is 44.0 Å². The van der Waals surface area contributed by atoms with E-state index >= 15 is 0 Å². The minimum atomic E-state index is 0.0182. The fourth-order valence-electron chi connectivity index (χ4n) is 4.70. The van der Waals surface area contributed by atoms with Crippen LogP contribution < -0.4 is 5.32 Å². The van der Waals surface area contributed by atoms with Crippen molar-refractivity contribution in [2.24, 2.45) is 0 Å². The Morgan fingerprint density at radius 3 is 2.36 bits per heavy atom. The van der Waals surface area contributed by atoms with E-state index in [0.29, 0.717) is 6.42 Å². The Hall–Kier alpha value is -3.72. The van der Waals surface area contributed by atoms with Gasteiger partial charge in [-0.2, -0.15) is 0 Å². The first-order chi connectivity index (χ1) is 16.0. The minimum Gasteiger partial charge on any atom is -0.326 e. The third kappa shape index (κ3) is 4.19. The molecule has 0 atom stereocenters. The molecule has 0 aliphatic heterocycles. The average molecular weight is 435 g/mol. The monoisotopic (exact) mass is 434 g/mol. The number of aryl methyl sites for hydroxylation is 1. The summed E-state index contributed by atoms with van der Waals surface area (Å²) in [4.78, 5) is 12.6. The van der Waals surface area contributed by atoms with Gasteiger partial charge in [-0.05, 0) is 62.9 Å². The van der Waals surface area contributed by atoms with Gasteiger partial charge >= 0.3 is 5.78 Å². The van der Waals surface area contributed by atoms with Crippen LogP contribution in [0.25, 0.3) is 32.3 Å². The molecular formula is C30H28NO2+. The Balaban J connectivity index is 1.28. The minimum absolute atomic E-state index is 0.0182. The number of hydrogen-bond donors (Lipinski definition) is 1. The van der Waals surface area contributed by atoms with E-state index < -0.39 is 0 Å². The second kappa shape index (κ2) is 8.67. The van der Waals surface area contributed by atoms with Crippen LogP contribution in [0.15, 0.2) is 90.7 Å². The van der Waals surface area contributed by atoms with E-state index in [2.05, 4.69) is 66.5 Å². The molecule has 1 N–H and O–H groups in total. The lowest BCUT2D eigenvalue weighted by atomic mass is 9.90. The molecule has 4 aromatic rings. The Morgan fingerprint density at radius 2 is 1.64 bits per heavy atom. The number of carbonyl (C=O) groups excluding carboxylic acids is 2. The van der Waals surface area contributed by atoms with Crippen LogP contribution in [0.2, 0.25) is 0 Å². The number of amides is 1. The molecule has 33 heavy (non-hydrogen) atoms. The molecule has 0 saturated carbocycles. The van der Waals surface area contributed by atoms with Crippen molar-refractivity contribution in [3.05, 3.63) is 96.2 Å². The standard InChI is InChI=1S/C30H27NO2/c1-19(2)33-27-17-15-25(18-20(27)3)31-28(32)9-5-6-21-10-11-24-13-12-22-7-4-8-23-14-16-26(21)30(24)29(22)23/h4,7-8,10-19H,3,5-6,9H2,1-2H3/p+1. The Morgan fingerprint density at radius 1 is 0.939 bits per heavy atom. The lowest BCUT2D eigenvalue weighted by Crippen LogP contribution is -2.23. The smallest absolute Gasteiger partial charge is 0.326 e. The van der Waals surface area contributed by atoms with Crippen molar-refractivity contribution in [1.29, 1.82) is 0 Å². The molecule has 5 rings (SSSR count). The van der Waals surface area contributed by atoms with Gasteiger partial charge in [-0.1, -0.05) is 61.2 Å². The maximum absolute atomic E-state index is 12.6. The molecule has 4 aromatic carbocycles. The summed E-state index contributed by atoms with van der Waals surface area (Å²) < 4.78 is 5.72. The summed E-state index contributed by atoms with van der Waals surface area (Å²) in [6.45, 7) is 8.00. The predicted molar refractivity (Wildman–Crippen MR) is 138 cm³/mol. The van der Waals surface area contributed by atoms with E-state index in [1.807, 2.05) is 32.1 Å². The summed E-state index contributed by atoms with van der Waals surface area (Å²) in [5.41, 5.74) is 2.82. The van der Waals surface area contributed by atoms with Gasteiger partial charge in [0.05, 0.1) is 5.57 Å². The van der Waals surface area contributed by atoms with E-state index in [-0.39, 0.29) is 12.0 Å². The molecule has 1 amide bonds. The molecule has 164 valence electrons. The van der Waals surface area contributed by atoms with Gasteiger partial charge in [0.1, 0.15) is 0 Å². The largest absolute Gasteiger partial charge is 0.350 e. The molecule has 1 aliphatic carbocycles. The van der Waals surface area contributed by atoms with Gasteiger partial charge in [0.25, 0.3) is 6.10 Å². The number of hydrogen-bond acceptors (Lipinski definition) is 1. The summed E-state index contributed by atoms with van der Waals surface area (Å²) in [5, 5.41) is 10.8. The predicted octanol–water partition coefficient (Wildman–Crippen LogP) is 6.55. The van der Waals surface area contributed by atoms with Crippen LogP contribution in [0.1, 0.15) is 32.3 Å². The highest BCUT2D eigenvalue weighted by Gasteiger charge is 2.19. The summed E-state index contributed by atoms with van der Waals surface area (Å²) in [5.74, 6) is 0.765. The second-order valence-electron chi connectivity index (χ2n) is 8.97. The maximum atomic E-state index is 12.6. The summed E-state index contributed by atoms with van der Waals surface area (Å²) in [7, 11) is 0. The maximum Gasteiger partial charge on any atom is 0.350 e. The molecular weight excluding hydrogens is 406 g/mol. The zero-order chi connectivity index (χ0) is 22.9. The molecule has 0 heterocycles. The highest BCUT2D eigenvalue weighted by Crippen LogP contribution is 2.36. The van der Waals surface area contributed by atoms with Crippen molar-refractivity contribution in [2.45, 2.75) is 39.2 Å². The van der Waals surface area contributed by atoms with E-state index in [0.717, 1.165) is 29.9 Å². The van der Waals surface area contributed by atoms with Crippen molar-refractivity contribution in [3.63, 3.8) is 0 Å². The number of benzene rings is 4. The van der Waals surface area contributed by atoms with Crippen molar-refractivity contribution in [3.8, 4) is 0 Å². The van der Waals surface area contributed by atoms with Crippen LogP contribution in [-0.2, 0) is 15.6 Å². The summed E-state index contributed by atoms with van der Waals surface area (Å²) in [6.07, 6.45) is 7.80. The van der Waals surface area contributed by atoms with Crippen LogP contribution in [-0.4, -0.2) is 17.8 Å². The van der Waals surface area contributed by atoms with Crippen LogP contribution >= 0.6 is 0 Å². The zero-order valence-electron chi connectivity index (χ0n) is 19.2. The van der Waals surface area contributed by atoms with Gasteiger partial charge in [0.2, 0.25) is 5.91 Å². The van der Waals surface area contributed by atoms with Crippen LogP contribution in [0.3, 0.4) is 0 Å². The number of allylic oxidation sites excluding steroid dienone is 4. The third-order valence-electron chi connectivity index (χ3n) is 6.18. The van der Waals surface area contributed by atoms with Gasteiger partial charge in [-0.15, -0.1) is 0 Å². The molecule has 0 unspecified atom stereocenters. The molecule has 0 spiro atoms. The molecule has 0 aromatic heterocycles. The highest BCUT2D eigenvalue weighted by molar-refractivity contribution is 6.23. The fourth-order valence-corrected chi connectivity index (χ4v) is 4.70. The zero-order valence-corrected chi connectivity index (χ0v) is 19.2. The molecule has 0 saturated heterocycles. The number of ketones is 1. The Labute approximate surface area is 194 Å². The molecule has 3 heteroatoms. The van der Waals surface area contributed by atoms with E-state index in [9.17, 15) is 4.79 Å². The second-order valence-corrected chi connectivity index (χ2v) is 8.97. The molecule has 0 radical (unpaired) electrons. The van der Waals surface area contributed by atoms with Gasteiger partial charge in [0.15, 0.2) is 0 Å². The first-order valence-electron chi connectivity index (χ1n) is 11.6. The van der Waals surface area contributed by atoms with Gasteiger partial charge in [-0.25, -0.2) is 0 Å². The Bertz CT molecular complexity index is 1450. The lowest BCUT2D eigenvalue weighted by molar-refractivity contribution is -0.492. The van der Waals surface area contributed by atoms with E-state index in [4.69, 9.17) is 4.42 Å². The third-order valence-corrected chi connectivity index (χ3v) is 6.18. The van der Waals surface area contributed by atoms with Crippen molar-refractivity contribution < 1.29 is 9.22 Å². The number of nitrogens with one attached hydrogen (secondary N) is 1. The van der Waals surface area contributed by atoms with Crippen molar-refractivity contribution in [2.75, 3.05) is 0 Å². The van der Waals surface area contributed by atoms with Crippen molar-refractivity contribution in [1.82, 2.24) is 5.32 Å². The van der Waals surface area contributed by atoms with E-state index in [1.165, 1.54) is 37.9 Å². The van der Waals surface area contributed by atoms with Gasteiger partial charge in [-0.3, -0.25) is 9.22 Å². The molecule has 1 aliphatic rings. The molecule has 3 nitrogen and oxygen atoms in total. The van der Waals surface area contributed by atoms with Crippen LogP contribution in [0.5, 0.6) is 0 Å². The summed E-state index contributed by atoms with van der Waals surface area (Å²) in [6, 6.07) is 19.7. The fraction of sp³-hybridized carbons (Fsp3) is 0.200. The molecule has 0 bridgehead atoms. The first-order valence-corrected chi connectivity index (χ1v) is 11.6. The number of carbonyl (C=O) groups is 1.